The Balaban J connectivity index is 2.04. The van der Waals surface area contributed by atoms with Gasteiger partial charge in [0, 0.05) is 22.3 Å². The Kier molecular flexibility index (Phi) is 9.19. The van der Waals surface area contributed by atoms with Gasteiger partial charge >= 0.3 is 0 Å². The largest absolute Gasteiger partial charge is 0.493 e. The number of ether oxygens (including phenoxy) is 1. The molecule has 156 valence electrons. The van der Waals surface area contributed by atoms with E-state index < -0.39 is 0 Å². The summed E-state index contributed by atoms with van der Waals surface area (Å²) in [6, 6.07) is 12.3. The van der Waals surface area contributed by atoms with E-state index in [1.54, 1.807) is 36.4 Å². The van der Waals surface area contributed by atoms with E-state index in [-0.39, 0.29) is 11.8 Å². The van der Waals surface area contributed by atoms with Gasteiger partial charge in [-0.05, 0) is 61.2 Å². The first-order valence-corrected chi connectivity index (χ1v) is 10.8. The van der Waals surface area contributed by atoms with E-state index in [4.69, 9.17) is 4.74 Å². The van der Waals surface area contributed by atoms with E-state index in [9.17, 15) is 9.59 Å². The van der Waals surface area contributed by atoms with Crippen LogP contribution in [0.2, 0.25) is 0 Å². The fourth-order valence-corrected chi connectivity index (χ4v) is 2.96. The SMILES string of the molecule is CCCCNC(=O)c1ccc(NC(=O)c2cc(Br)ccc2OCCC(C)C)cc1. The second-order valence-corrected chi connectivity index (χ2v) is 8.23. The number of benzene rings is 2. The molecular weight excluding hydrogens is 432 g/mol. The summed E-state index contributed by atoms with van der Waals surface area (Å²) in [7, 11) is 0. The Labute approximate surface area is 181 Å². The summed E-state index contributed by atoms with van der Waals surface area (Å²) in [5.74, 6) is 0.717. The quantitative estimate of drug-likeness (QED) is 0.449. The van der Waals surface area contributed by atoms with E-state index in [0.717, 1.165) is 23.7 Å². The Bertz CT molecular complexity index is 819. The maximum Gasteiger partial charge on any atom is 0.259 e. The zero-order valence-electron chi connectivity index (χ0n) is 17.3. The van der Waals surface area contributed by atoms with Crippen molar-refractivity contribution in [3.63, 3.8) is 0 Å². The molecular formula is C23H29BrN2O3. The number of halogens is 1. The molecule has 0 aliphatic rings. The van der Waals surface area contributed by atoms with E-state index in [2.05, 4.69) is 47.3 Å². The summed E-state index contributed by atoms with van der Waals surface area (Å²) in [4.78, 5) is 24.9. The Hall–Kier alpha value is -2.34. The zero-order chi connectivity index (χ0) is 21.2. The Morgan fingerprint density at radius 2 is 1.79 bits per heavy atom. The average molecular weight is 461 g/mol. The van der Waals surface area contributed by atoms with Crippen LogP contribution in [0.3, 0.4) is 0 Å². The Morgan fingerprint density at radius 3 is 2.45 bits per heavy atom. The normalized spacial score (nSPS) is 10.7. The molecule has 6 heteroatoms. The third-order valence-corrected chi connectivity index (χ3v) is 4.85. The minimum Gasteiger partial charge on any atom is -0.493 e. The van der Waals surface area contributed by atoms with Crippen molar-refractivity contribution in [2.75, 3.05) is 18.5 Å². The van der Waals surface area contributed by atoms with Gasteiger partial charge in [-0.25, -0.2) is 0 Å². The van der Waals surface area contributed by atoms with E-state index in [1.807, 2.05) is 6.07 Å². The molecule has 2 rings (SSSR count). The van der Waals surface area contributed by atoms with Crippen molar-refractivity contribution in [2.45, 2.75) is 40.0 Å². The molecule has 0 atom stereocenters. The molecule has 2 aromatic carbocycles. The second kappa shape index (κ2) is 11.6. The Morgan fingerprint density at radius 1 is 1.07 bits per heavy atom. The van der Waals surface area contributed by atoms with Crippen molar-refractivity contribution in [3.05, 3.63) is 58.1 Å². The molecule has 0 bridgehead atoms. The van der Waals surface area contributed by atoms with Crippen molar-refractivity contribution >= 4 is 33.4 Å². The summed E-state index contributed by atoms with van der Waals surface area (Å²) in [5.41, 5.74) is 1.65. The molecule has 0 heterocycles. The summed E-state index contributed by atoms with van der Waals surface area (Å²) >= 11 is 3.41. The summed E-state index contributed by atoms with van der Waals surface area (Å²) in [6.45, 7) is 7.56. The molecule has 0 saturated heterocycles. The van der Waals surface area contributed by atoms with Crippen molar-refractivity contribution in [1.29, 1.82) is 0 Å². The van der Waals surface area contributed by atoms with Gasteiger partial charge in [0.15, 0.2) is 0 Å². The minimum atomic E-state index is -0.258. The molecule has 0 aliphatic carbocycles. The van der Waals surface area contributed by atoms with Gasteiger partial charge in [-0.3, -0.25) is 9.59 Å². The lowest BCUT2D eigenvalue weighted by molar-refractivity contribution is 0.0952. The number of rotatable bonds is 10. The highest BCUT2D eigenvalue weighted by molar-refractivity contribution is 9.10. The van der Waals surface area contributed by atoms with Crippen LogP contribution >= 0.6 is 15.9 Å². The number of hydrogen-bond donors (Lipinski definition) is 2. The molecule has 0 aliphatic heterocycles. The van der Waals surface area contributed by atoms with Gasteiger partial charge in [0.05, 0.1) is 12.2 Å². The standard InChI is InChI=1S/C23H29BrN2O3/c1-4-5-13-25-22(27)17-6-9-19(10-7-17)26-23(28)20-15-18(24)8-11-21(20)29-14-12-16(2)3/h6-11,15-16H,4-5,12-14H2,1-3H3,(H,25,27)(H,26,28). The molecule has 5 nitrogen and oxygen atoms in total. The first-order chi connectivity index (χ1) is 13.9. The predicted octanol–water partition coefficient (Wildman–Crippen LogP) is 5.66. The van der Waals surface area contributed by atoms with Gasteiger partial charge in [-0.1, -0.05) is 43.1 Å². The molecule has 0 spiro atoms. The van der Waals surface area contributed by atoms with Crippen LogP contribution in [-0.2, 0) is 0 Å². The van der Waals surface area contributed by atoms with E-state index in [0.29, 0.717) is 41.6 Å². The number of unbranched alkanes of at least 4 members (excludes halogenated alkanes) is 1. The van der Waals surface area contributed by atoms with Crippen LogP contribution < -0.4 is 15.4 Å². The van der Waals surface area contributed by atoms with Crippen molar-refractivity contribution in [3.8, 4) is 5.75 Å². The van der Waals surface area contributed by atoms with Gasteiger partial charge in [0.1, 0.15) is 5.75 Å². The van der Waals surface area contributed by atoms with Gasteiger partial charge in [-0.2, -0.15) is 0 Å². The molecule has 29 heavy (non-hydrogen) atoms. The molecule has 2 amide bonds. The predicted molar refractivity (Wildman–Crippen MR) is 121 cm³/mol. The molecule has 0 saturated carbocycles. The van der Waals surface area contributed by atoms with Gasteiger partial charge in [0.2, 0.25) is 0 Å². The summed E-state index contributed by atoms with van der Waals surface area (Å²) in [5, 5.41) is 5.75. The molecule has 0 fully saturated rings. The highest BCUT2D eigenvalue weighted by Crippen LogP contribution is 2.25. The van der Waals surface area contributed by atoms with Crippen molar-refractivity contribution in [1.82, 2.24) is 5.32 Å². The number of carbonyl (C=O) groups is 2. The van der Waals surface area contributed by atoms with Crippen LogP contribution in [0.15, 0.2) is 46.9 Å². The van der Waals surface area contributed by atoms with Crippen LogP contribution in [0.1, 0.15) is 60.7 Å². The van der Waals surface area contributed by atoms with Crippen LogP contribution in [0.25, 0.3) is 0 Å². The molecule has 2 N–H and O–H groups in total. The zero-order valence-corrected chi connectivity index (χ0v) is 18.8. The number of anilines is 1. The third-order valence-electron chi connectivity index (χ3n) is 4.36. The number of carbonyl (C=O) groups excluding carboxylic acids is 2. The first kappa shape index (κ1) is 22.9. The highest BCUT2D eigenvalue weighted by Gasteiger charge is 2.14. The molecule has 0 unspecified atom stereocenters. The third kappa shape index (κ3) is 7.54. The maximum absolute atomic E-state index is 12.8. The number of nitrogens with one attached hydrogen (secondary N) is 2. The van der Waals surface area contributed by atoms with Gasteiger partial charge in [0.25, 0.3) is 11.8 Å². The first-order valence-electron chi connectivity index (χ1n) is 10.0. The molecule has 0 aromatic heterocycles. The van der Waals surface area contributed by atoms with E-state index >= 15 is 0 Å². The second-order valence-electron chi connectivity index (χ2n) is 7.31. The van der Waals surface area contributed by atoms with Crippen LogP contribution in [0, 0.1) is 5.92 Å². The van der Waals surface area contributed by atoms with Crippen LogP contribution in [0.5, 0.6) is 5.75 Å². The monoisotopic (exact) mass is 460 g/mol. The number of amides is 2. The highest BCUT2D eigenvalue weighted by atomic mass is 79.9. The van der Waals surface area contributed by atoms with Gasteiger partial charge < -0.3 is 15.4 Å². The smallest absolute Gasteiger partial charge is 0.259 e. The summed E-state index contributed by atoms with van der Waals surface area (Å²) < 4.78 is 6.63. The molecule has 2 aromatic rings. The summed E-state index contributed by atoms with van der Waals surface area (Å²) in [6.07, 6.45) is 2.90. The van der Waals surface area contributed by atoms with Crippen molar-refractivity contribution < 1.29 is 14.3 Å². The fraction of sp³-hybridized carbons (Fsp3) is 0.391. The topological polar surface area (TPSA) is 67.4 Å². The average Bonchev–Trinajstić information content (AvgIpc) is 2.69. The maximum atomic E-state index is 12.8. The lowest BCUT2D eigenvalue weighted by atomic mass is 10.1. The fourth-order valence-electron chi connectivity index (χ4n) is 2.59. The van der Waals surface area contributed by atoms with Crippen LogP contribution in [-0.4, -0.2) is 25.0 Å². The van der Waals surface area contributed by atoms with E-state index in [1.165, 1.54) is 0 Å². The number of hydrogen-bond acceptors (Lipinski definition) is 3. The minimum absolute atomic E-state index is 0.107. The lowest BCUT2D eigenvalue weighted by Gasteiger charge is -2.13. The lowest BCUT2D eigenvalue weighted by Crippen LogP contribution is -2.24. The van der Waals surface area contributed by atoms with Crippen molar-refractivity contribution in [2.24, 2.45) is 5.92 Å². The van der Waals surface area contributed by atoms with Crippen LogP contribution in [0.4, 0.5) is 5.69 Å². The van der Waals surface area contributed by atoms with Gasteiger partial charge in [-0.15, -0.1) is 0 Å². The molecule has 0 radical (unpaired) electrons.